The van der Waals surface area contributed by atoms with Gasteiger partial charge in [-0.3, -0.25) is 0 Å². The Morgan fingerprint density at radius 1 is 1.33 bits per heavy atom. The smallest absolute Gasteiger partial charge is 0.341 e. The summed E-state index contributed by atoms with van der Waals surface area (Å²) in [6.07, 6.45) is 0.687. The van der Waals surface area contributed by atoms with Crippen molar-refractivity contribution in [3.05, 3.63) is 30.2 Å². The van der Waals surface area contributed by atoms with Gasteiger partial charge in [-0.15, -0.1) is 10.2 Å². The Kier molecular flexibility index (Phi) is 3.57. The molecule has 18 heavy (non-hydrogen) atoms. The van der Waals surface area contributed by atoms with Crippen LogP contribution in [0.3, 0.4) is 0 Å². The molecule has 0 unspecified atom stereocenters. The van der Waals surface area contributed by atoms with Gasteiger partial charge in [-0.25, -0.2) is 4.79 Å². The van der Waals surface area contributed by atoms with E-state index in [-0.39, 0.29) is 6.61 Å². The molecule has 0 aliphatic heterocycles. The van der Waals surface area contributed by atoms with Crippen molar-refractivity contribution in [3.8, 4) is 17.2 Å². The highest BCUT2D eigenvalue weighted by atomic mass is 16.5. The zero-order chi connectivity index (χ0) is 13.0. The van der Waals surface area contributed by atoms with Gasteiger partial charge < -0.3 is 14.3 Å². The van der Waals surface area contributed by atoms with E-state index >= 15 is 0 Å². The van der Waals surface area contributed by atoms with Gasteiger partial charge in [0.05, 0.1) is 0 Å². The van der Waals surface area contributed by atoms with Crippen molar-refractivity contribution in [2.75, 3.05) is 6.61 Å². The van der Waals surface area contributed by atoms with Crippen LogP contribution in [-0.2, 0) is 11.2 Å². The van der Waals surface area contributed by atoms with Crippen LogP contribution in [0.1, 0.15) is 12.8 Å². The SMILES string of the molecule is CCc1nnc(-c2ccc(OCC(=O)O)cc2)o1. The van der Waals surface area contributed by atoms with Crippen LogP contribution in [0.4, 0.5) is 0 Å². The number of ether oxygens (including phenoxy) is 1. The zero-order valence-corrected chi connectivity index (χ0v) is 9.79. The molecule has 0 aliphatic carbocycles. The number of hydrogen-bond donors (Lipinski definition) is 1. The third kappa shape index (κ3) is 2.85. The molecule has 0 atom stereocenters. The number of aromatic nitrogens is 2. The predicted molar refractivity (Wildman–Crippen MR) is 62.2 cm³/mol. The van der Waals surface area contributed by atoms with Gasteiger partial charge in [0.2, 0.25) is 11.8 Å². The monoisotopic (exact) mass is 248 g/mol. The lowest BCUT2D eigenvalue weighted by atomic mass is 10.2. The molecule has 6 nitrogen and oxygen atoms in total. The van der Waals surface area contributed by atoms with Crippen LogP contribution in [0, 0.1) is 0 Å². The van der Waals surface area contributed by atoms with Gasteiger partial charge in [0, 0.05) is 12.0 Å². The highest BCUT2D eigenvalue weighted by molar-refractivity contribution is 5.68. The molecule has 0 saturated carbocycles. The number of aliphatic carboxylic acids is 1. The standard InChI is InChI=1S/C12H12N2O4/c1-2-10-13-14-12(18-10)8-3-5-9(6-4-8)17-7-11(15)16/h3-6H,2,7H2,1H3,(H,15,16). The van der Waals surface area contributed by atoms with Crippen molar-refractivity contribution in [2.24, 2.45) is 0 Å². The molecule has 0 aliphatic rings. The average Bonchev–Trinajstić information content (AvgIpc) is 2.85. The minimum absolute atomic E-state index is 0.361. The van der Waals surface area contributed by atoms with Crippen LogP contribution in [0.15, 0.2) is 28.7 Å². The number of hydrogen-bond acceptors (Lipinski definition) is 5. The summed E-state index contributed by atoms with van der Waals surface area (Å²) in [5.74, 6) is 0.493. The third-order valence-electron chi connectivity index (χ3n) is 2.23. The molecule has 1 aromatic carbocycles. The van der Waals surface area contributed by atoms with Gasteiger partial charge in [0.1, 0.15) is 5.75 Å². The molecule has 0 radical (unpaired) electrons. The molecule has 1 heterocycles. The zero-order valence-electron chi connectivity index (χ0n) is 9.79. The minimum Gasteiger partial charge on any atom is -0.482 e. The third-order valence-corrected chi connectivity index (χ3v) is 2.23. The number of carboxylic acids is 1. The van der Waals surface area contributed by atoms with Crippen LogP contribution >= 0.6 is 0 Å². The molecule has 0 spiro atoms. The lowest BCUT2D eigenvalue weighted by molar-refractivity contribution is -0.139. The summed E-state index contributed by atoms with van der Waals surface area (Å²) in [5.41, 5.74) is 0.768. The number of carboxylic acid groups (broad SMARTS) is 1. The summed E-state index contributed by atoms with van der Waals surface area (Å²) in [6, 6.07) is 6.80. The van der Waals surface area contributed by atoms with Crippen LogP contribution in [-0.4, -0.2) is 27.9 Å². The predicted octanol–water partition coefficient (Wildman–Crippen LogP) is 1.76. The fourth-order valence-electron chi connectivity index (χ4n) is 1.35. The second-order valence-corrected chi connectivity index (χ2v) is 3.56. The molecule has 2 rings (SSSR count). The number of aryl methyl sites for hydroxylation is 1. The summed E-state index contributed by atoms with van der Waals surface area (Å²) in [7, 11) is 0. The second kappa shape index (κ2) is 5.31. The maximum atomic E-state index is 10.3. The molecule has 0 bridgehead atoms. The molecule has 0 fully saturated rings. The second-order valence-electron chi connectivity index (χ2n) is 3.56. The topological polar surface area (TPSA) is 85.5 Å². The van der Waals surface area contributed by atoms with Crippen LogP contribution < -0.4 is 4.74 Å². The number of rotatable bonds is 5. The van der Waals surface area contributed by atoms with Crippen LogP contribution in [0.5, 0.6) is 5.75 Å². The lowest BCUT2D eigenvalue weighted by Gasteiger charge is -2.02. The van der Waals surface area contributed by atoms with Crippen molar-refractivity contribution >= 4 is 5.97 Å². The first kappa shape index (κ1) is 12.1. The molecule has 2 aromatic rings. The molecular weight excluding hydrogens is 236 g/mol. The van der Waals surface area contributed by atoms with E-state index in [9.17, 15) is 4.79 Å². The Bertz CT molecular complexity index is 533. The molecule has 0 saturated heterocycles. The first-order valence-corrected chi connectivity index (χ1v) is 5.46. The number of carbonyl (C=O) groups is 1. The molecule has 1 aromatic heterocycles. The average molecular weight is 248 g/mol. The molecule has 1 N–H and O–H groups in total. The highest BCUT2D eigenvalue weighted by Gasteiger charge is 2.07. The van der Waals surface area contributed by atoms with E-state index in [1.54, 1.807) is 24.3 Å². The van der Waals surface area contributed by atoms with Gasteiger partial charge in [-0.2, -0.15) is 0 Å². The fourth-order valence-corrected chi connectivity index (χ4v) is 1.35. The normalized spacial score (nSPS) is 10.3. The fraction of sp³-hybridized carbons (Fsp3) is 0.250. The van der Waals surface area contributed by atoms with E-state index < -0.39 is 5.97 Å². The van der Waals surface area contributed by atoms with Crippen molar-refractivity contribution in [1.82, 2.24) is 10.2 Å². The van der Waals surface area contributed by atoms with Gasteiger partial charge in [-0.1, -0.05) is 6.92 Å². The minimum atomic E-state index is -1.01. The first-order chi connectivity index (χ1) is 8.69. The Balaban J connectivity index is 2.09. The van der Waals surface area contributed by atoms with Crippen LogP contribution in [0.2, 0.25) is 0 Å². The summed E-state index contributed by atoms with van der Waals surface area (Å²) < 4.78 is 10.4. The van der Waals surface area contributed by atoms with Crippen LogP contribution in [0.25, 0.3) is 11.5 Å². The summed E-state index contributed by atoms with van der Waals surface area (Å²) in [6.45, 7) is 1.57. The van der Waals surface area contributed by atoms with E-state index in [4.69, 9.17) is 14.3 Å². The van der Waals surface area contributed by atoms with Gasteiger partial charge in [0.25, 0.3) is 0 Å². The summed E-state index contributed by atoms with van der Waals surface area (Å²) in [4.78, 5) is 10.3. The Morgan fingerprint density at radius 2 is 2.06 bits per heavy atom. The van der Waals surface area contributed by atoms with E-state index in [2.05, 4.69) is 10.2 Å². The molecule has 6 heteroatoms. The largest absolute Gasteiger partial charge is 0.482 e. The van der Waals surface area contributed by atoms with E-state index in [0.29, 0.717) is 24.0 Å². The Hall–Kier alpha value is -2.37. The van der Waals surface area contributed by atoms with E-state index in [1.807, 2.05) is 6.92 Å². The van der Waals surface area contributed by atoms with E-state index in [1.165, 1.54) is 0 Å². The highest BCUT2D eigenvalue weighted by Crippen LogP contribution is 2.21. The quantitative estimate of drug-likeness (QED) is 0.867. The molecule has 94 valence electrons. The van der Waals surface area contributed by atoms with Crippen molar-refractivity contribution in [1.29, 1.82) is 0 Å². The van der Waals surface area contributed by atoms with E-state index in [0.717, 1.165) is 5.56 Å². The Morgan fingerprint density at radius 3 is 2.61 bits per heavy atom. The van der Waals surface area contributed by atoms with Crippen molar-refractivity contribution in [3.63, 3.8) is 0 Å². The lowest BCUT2D eigenvalue weighted by Crippen LogP contribution is -2.09. The molecular formula is C12H12N2O4. The first-order valence-electron chi connectivity index (χ1n) is 5.46. The van der Waals surface area contributed by atoms with Gasteiger partial charge in [-0.05, 0) is 24.3 Å². The van der Waals surface area contributed by atoms with Crippen molar-refractivity contribution < 1.29 is 19.1 Å². The maximum absolute atomic E-state index is 10.3. The van der Waals surface area contributed by atoms with Gasteiger partial charge in [0.15, 0.2) is 6.61 Å². The Labute approximate surface area is 103 Å². The number of nitrogens with zero attached hydrogens (tertiary/aromatic N) is 2. The number of benzene rings is 1. The van der Waals surface area contributed by atoms with Crippen molar-refractivity contribution in [2.45, 2.75) is 13.3 Å². The maximum Gasteiger partial charge on any atom is 0.341 e. The molecule has 0 amide bonds. The van der Waals surface area contributed by atoms with Gasteiger partial charge >= 0.3 is 5.97 Å². The summed E-state index contributed by atoms with van der Waals surface area (Å²) >= 11 is 0. The summed E-state index contributed by atoms with van der Waals surface area (Å²) in [5, 5.41) is 16.3.